The van der Waals surface area contributed by atoms with Crippen molar-refractivity contribution in [2.75, 3.05) is 0 Å². The van der Waals surface area contributed by atoms with Crippen molar-refractivity contribution in [1.82, 2.24) is 0 Å². The van der Waals surface area contributed by atoms with Crippen molar-refractivity contribution in [3.63, 3.8) is 0 Å². The van der Waals surface area contributed by atoms with Gasteiger partial charge in [0, 0.05) is 0 Å². The third-order valence-corrected chi connectivity index (χ3v) is 1.82. The summed E-state index contributed by atoms with van der Waals surface area (Å²) < 4.78 is 0. The second-order valence-corrected chi connectivity index (χ2v) is 2.82. The Bertz CT molecular complexity index is 353. The largest absolute Gasteiger partial charge is 0.0991 e. The first kappa shape index (κ1) is 22.4. The van der Waals surface area contributed by atoms with Crippen LogP contribution in [0.2, 0.25) is 0 Å². The first-order valence-corrected chi connectivity index (χ1v) is 6.55. The quantitative estimate of drug-likeness (QED) is 0.528. The number of benzene rings is 1. The van der Waals surface area contributed by atoms with Gasteiger partial charge in [-0.3, -0.25) is 0 Å². The highest BCUT2D eigenvalue weighted by atomic mass is 14.0. The summed E-state index contributed by atoms with van der Waals surface area (Å²) in [5.74, 6) is 0. The number of hydrogen-bond donors (Lipinski definition) is 0. The van der Waals surface area contributed by atoms with E-state index in [9.17, 15) is 0 Å². The van der Waals surface area contributed by atoms with Crippen molar-refractivity contribution in [3.05, 3.63) is 79.4 Å². The highest BCUT2D eigenvalue weighted by Gasteiger charge is 1.93. The van der Waals surface area contributed by atoms with E-state index in [0.717, 1.165) is 5.57 Å². The predicted molar refractivity (Wildman–Crippen MR) is 93.4 cm³/mol. The van der Waals surface area contributed by atoms with Gasteiger partial charge in [0.2, 0.25) is 0 Å². The third-order valence-electron chi connectivity index (χ3n) is 1.82. The van der Waals surface area contributed by atoms with E-state index < -0.39 is 0 Å². The molecule has 1 aromatic rings. The van der Waals surface area contributed by atoms with E-state index in [1.54, 1.807) is 12.2 Å². The fourth-order valence-electron chi connectivity index (χ4n) is 1.18. The van der Waals surface area contributed by atoms with Crippen molar-refractivity contribution in [2.24, 2.45) is 0 Å². The second-order valence-electron chi connectivity index (χ2n) is 2.82. The van der Waals surface area contributed by atoms with E-state index in [1.165, 1.54) is 5.56 Å². The molecule has 0 radical (unpaired) electrons. The highest BCUT2D eigenvalue weighted by molar-refractivity contribution is 5.75. The Labute approximate surface area is 120 Å². The molecule has 0 aliphatic rings. The van der Waals surface area contributed by atoms with Gasteiger partial charge in [-0.25, -0.2) is 0 Å². The van der Waals surface area contributed by atoms with Crippen LogP contribution in [-0.2, 0) is 0 Å². The molecule has 0 aliphatic heterocycles. The fraction of sp³-hybridized carbons (Fsp3) is 0.263. The topological polar surface area (TPSA) is 0 Å². The average Bonchev–Trinajstić information content (AvgIpc) is 2.48. The van der Waals surface area contributed by atoms with Crippen LogP contribution in [0.3, 0.4) is 0 Å². The lowest BCUT2D eigenvalue weighted by molar-refractivity contribution is 1.50. The van der Waals surface area contributed by atoms with Gasteiger partial charge in [-0.1, -0.05) is 109 Å². The predicted octanol–water partition coefficient (Wildman–Crippen LogP) is 6.69. The van der Waals surface area contributed by atoms with Crippen LogP contribution in [0.4, 0.5) is 0 Å². The minimum Gasteiger partial charge on any atom is -0.0991 e. The van der Waals surface area contributed by atoms with E-state index in [1.807, 2.05) is 64.1 Å². The lowest BCUT2D eigenvalue weighted by Crippen LogP contribution is -1.78. The Kier molecular flexibility index (Phi) is 21.8. The first-order valence-electron chi connectivity index (χ1n) is 6.55. The monoisotopic (exact) mass is 258 g/mol. The van der Waals surface area contributed by atoms with Gasteiger partial charge in [0.05, 0.1) is 0 Å². The Morgan fingerprint density at radius 3 is 1.84 bits per heavy atom. The van der Waals surface area contributed by atoms with Gasteiger partial charge in [-0.15, -0.1) is 0 Å². The van der Waals surface area contributed by atoms with Gasteiger partial charge < -0.3 is 0 Å². The van der Waals surface area contributed by atoms with E-state index in [-0.39, 0.29) is 7.43 Å². The van der Waals surface area contributed by atoms with Crippen LogP contribution in [0.1, 0.15) is 40.7 Å². The van der Waals surface area contributed by atoms with Crippen LogP contribution >= 0.6 is 0 Å². The molecule has 0 unspecified atom stereocenters. The molecule has 1 aromatic carbocycles. The maximum Gasteiger partial charge on any atom is -0.0184 e. The van der Waals surface area contributed by atoms with E-state index in [0.29, 0.717) is 0 Å². The minimum atomic E-state index is 0. The molecule has 0 N–H and O–H groups in total. The van der Waals surface area contributed by atoms with Crippen molar-refractivity contribution in [1.29, 1.82) is 0 Å². The van der Waals surface area contributed by atoms with Gasteiger partial charge in [-0.2, -0.15) is 0 Å². The summed E-state index contributed by atoms with van der Waals surface area (Å²) in [6, 6.07) is 10.2. The molecule has 0 saturated carbocycles. The van der Waals surface area contributed by atoms with Gasteiger partial charge in [0.25, 0.3) is 0 Å². The molecule has 0 saturated heterocycles. The second kappa shape index (κ2) is 18.5. The van der Waals surface area contributed by atoms with Gasteiger partial charge in [0.1, 0.15) is 0 Å². The first-order chi connectivity index (χ1) is 8.88. The molecule has 0 nitrogen and oxygen atoms in total. The lowest BCUT2D eigenvalue weighted by atomic mass is 10.1. The molecule has 0 heteroatoms. The van der Waals surface area contributed by atoms with Crippen LogP contribution in [0.5, 0.6) is 0 Å². The molecule has 0 atom stereocenters. The molecule has 0 amide bonds. The molecule has 0 aliphatic carbocycles. The van der Waals surface area contributed by atoms with Crippen LogP contribution in [0.25, 0.3) is 5.57 Å². The number of hydrogen-bond acceptors (Lipinski definition) is 0. The Morgan fingerprint density at radius 2 is 1.42 bits per heavy atom. The zero-order valence-corrected chi connectivity index (χ0v) is 12.2. The SMILES string of the molecule is C.C=C/C=C\C(=C/C=C)c1ccccc1.CC.CC. The van der Waals surface area contributed by atoms with Gasteiger partial charge in [-0.05, 0) is 11.1 Å². The Balaban J connectivity index is -0.000000467. The van der Waals surface area contributed by atoms with E-state index in [4.69, 9.17) is 0 Å². The van der Waals surface area contributed by atoms with Crippen molar-refractivity contribution in [3.8, 4) is 0 Å². The summed E-state index contributed by atoms with van der Waals surface area (Å²) in [5.41, 5.74) is 2.33. The summed E-state index contributed by atoms with van der Waals surface area (Å²) in [5, 5.41) is 0. The summed E-state index contributed by atoms with van der Waals surface area (Å²) in [7, 11) is 0. The number of allylic oxidation sites excluding steroid dienone is 6. The smallest absolute Gasteiger partial charge is 0.0184 e. The zero-order chi connectivity index (χ0) is 14.2. The van der Waals surface area contributed by atoms with Gasteiger partial charge in [0.15, 0.2) is 0 Å². The van der Waals surface area contributed by atoms with Crippen molar-refractivity contribution >= 4 is 5.57 Å². The Hall–Kier alpha value is -1.82. The molecule has 0 bridgehead atoms. The lowest BCUT2D eigenvalue weighted by Gasteiger charge is -2.00. The maximum absolute atomic E-state index is 3.70. The molecule has 0 aromatic heterocycles. The average molecular weight is 258 g/mol. The third kappa shape index (κ3) is 11.0. The molecule has 106 valence electrons. The summed E-state index contributed by atoms with van der Waals surface area (Å²) >= 11 is 0. The zero-order valence-electron chi connectivity index (χ0n) is 12.2. The maximum atomic E-state index is 3.70. The van der Waals surface area contributed by atoms with Crippen LogP contribution in [-0.4, -0.2) is 0 Å². The van der Waals surface area contributed by atoms with Crippen molar-refractivity contribution < 1.29 is 0 Å². The molecular weight excluding hydrogens is 228 g/mol. The Morgan fingerprint density at radius 1 is 0.895 bits per heavy atom. The van der Waals surface area contributed by atoms with E-state index >= 15 is 0 Å². The molecule has 0 fully saturated rings. The van der Waals surface area contributed by atoms with Crippen LogP contribution < -0.4 is 0 Å². The normalized spacial score (nSPS) is 9.16. The van der Waals surface area contributed by atoms with Crippen LogP contribution in [0, 0.1) is 0 Å². The molecule has 0 spiro atoms. The van der Waals surface area contributed by atoms with Crippen molar-refractivity contribution in [2.45, 2.75) is 35.1 Å². The van der Waals surface area contributed by atoms with Crippen LogP contribution in [0.15, 0.2) is 73.9 Å². The number of rotatable bonds is 4. The standard InChI is InChI=1S/C14H14.2C2H6.CH4/c1-3-5-10-13(9-4-2)14-11-7-6-8-12-14;2*1-2;/h3-12H,1-2H2;2*1-2H3;1H4/b10-5-,13-9+;;;. The molecular formula is C19H30. The molecule has 19 heavy (non-hydrogen) atoms. The summed E-state index contributed by atoms with van der Waals surface area (Å²) in [6.07, 6.45) is 9.47. The fourth-order valence-corrected chi connectivity index (χ4v) is 1.18. The molecule has 0 heterocycles. The summed E-state index contributed by atoms with van der Waals surface area (Å²) in [4.78, 5) is 0. The minimum absolute atomic E-state index is 0. The highest BCUT2D eigenvalue weighted by Crippen LogP contribution is 2.15. The van der Waals surface area contributed by atoms with Gasteiger partial charge >= 0.3 is 0 Å². The van der Waals surface area contributed by atoms with E-state index in [2.05, 4.69) is 25.3 Å². The molecule has 1 rings (SSSR count). The summed E-state index contributed by atoms with van der Waals surface area (Å²) in [6.45, 7) is 15.3.